The first-order valence-corrected chi connectivity index (χ1v) is 7.52. The fourth-order valence-electron chi connectivity index (χ4n) is 2.10. The van der Waals surface area contributed by atoms with Gasteiger partial charge in [0, 0.05) is 26.4 Å². The predicted molar refractivity (Wildman–Crippen MR) is 104 cm³/mol. The van der Waals surface area contributed by atoms with Crippen LogP contribution in [0.3, 0.4) is 0 Å². The average molecular weight is 514 g/mol. The summed E-state index contributed by atoms with van der Waals surface area (Å²) in [4.78, 5) is 0. The maximum Gasteiger partial charge on any atom is 1.00 e. The Morgan fingerprint density at radius 1 is 1.04 bits per heavy atom. The number of hydrogen-bond acceptors (Lipinski definition) is 3. The molecule has 3 rings (SSSR count). The molecule has 2 aromatic carbocycles. The molecule has 3 nitrogen and oxygen atoms in total. The van der Waals surface area contributed by atoms with Crippen LogP contribution in [0.25, 0.3) is 0 Å². The number of para-hydroxylation sites is 1. The van der Waals surface area contributed by atoms with Gasteiger partial charge in [-0.25, -0.2) is 0 Å². The second-order valence-corrected chi connectivity index (χ2v) is 4.45. The number of fused-ring (bicyclic) bond motifs is 1. The van der Waals surface area contributed by atoms with Crippen LogP contribution in [-0.4, -0.2) is 6.92 Å². The summed E-state index contributed by atoms with van der Waals surface area (Å²) in [5, 5.41) is 7.32. The van der Waals surface area contributed by atoms with E-state index in [-0.39, 0.29) is 99.4 Å². The number of ether oxygens (including phenoxy) is 1. The minimum atomic E-state index is 0. The van der Waals surface area contributed by atoms with Crippen LogP contribution in [0.2, 0.25) is 6.82 Å². The van der Waals surface area contributed by atoms with Gasteiger partial charge >= 0.3 is 65.1 Å². The summed E-state index contributed by atoms with van der Waals surface area (Å²) in [6, 6.07) is 17.7. The van der Waals surface area contributed by atoms with Crippen molar-refractivity contribution >= 4 is 12.4 Å². The van der Waals surface area contributed by atoms with Crippen LogP contribution >= 0.6 is 0 Å². The molecular formula is C20H28BNO2RbRh-. The number of rotatable bonds is 2. The summed E-state index contributed by atoms with van der Waals surface area (Å²) in [7, 11) is 0. The fraction of sp³-hybridized carbons (Fsp3) is 0.250. The van der Waals surface area contributed by atoms with Gasteiger partial charge in [0.05, 0.1) is 12.7 Å². The van der Waals surface area contributed by atoms with E-state index in [4.69, 9.17) is 14.7 Å². The minimum Gasteiger partial charge on any atom is -0.457 e. The van der Waals surface area contributed by atoms with Crippen LogP contribution in [0.15, 0.2) is 48.5 Å². The normalized spacial score (nSPS) is 9.42. The molecule has 0 fully saturated rings. The van der Waals surface area contributed by atoms with E-state index in [1.54, 1.807) is 6.07 Å². The first-order chi connectivity index (χ1) is 10.7. The average Bonchev–Trinajstić information content (AvgIpc) is 2.92. The van der Waals surface area contributed by atoms with Gasteiger partial charge in [0.1, 0.15) is 11.5 Å². The molecule has 0 atom stereocenters. The van der Waals surface area contributed by atoms with Crippen molar-refractivity contribution in [3.8, 4) is 17.6 Å². The Morgan fingerprint density at radius 3 is 2.12 bits per heavy atom. The van der Waals surface area contributed by atoms with Crippen LogP contribution in [0.4, 0.5) is 0 Å². The summed E-state index contributed by atoms with van der Waals surface area (Å²) in [5.74, 6) is 1.73. The Balaban J connectivity index is -0.000000246. The van der Waals surface area contributed by atoms with Crippen molar-refractivity contribution in [2.24, 2.45) is 0 Å². The Morgan fingerprint density at radius 2 is 1.58 bits per heavy atom. The summed E-state index contributed by atoms with van der Waals surface area (Å²) >= 11 is 0. The van der Waals surface area contributed by atoms with E-state index in [9.17, 15) is 0 Å². The fourth-order valence-corrected chi connectivity index (χ4v) is 2.10. The Labute approximate surface area is 222 Å². The molecule has 0 saturated carbocycles. The zero-order chi connectivity index (χ0) is 16.4. The van der Waals surface area contributed by atoms with Gasteiger partial charge in [0.15, 0.2) is 0 Å². The second-order valence-electron chi connectivity index (χ2n) is 4.45. The van der Waals surface area contributed by atoms with Crippen LogP contribution in [0.1, 0.15) is 26.3 Å². The van der Waals surface area contributed by atoms with E-state index >= 15 is 0 Å². The van der Waals surface area contributed by atoms with Crippen molar-refractivity contribution in [2.75, 3.05) is 0 Å². The molecule has 139 valence electrons. The van der Waals surface area contributed by atoms with E-state index in [2.05, 4.69) is 19.0 Å². The van der Waals surface area contributed by atoms with Gasteiger partial charge in [-0.05, 0) is 35.3 Å². The van der Waals surface area contributed by atoms with Crippen LogP contribution in [-0.2, 0) is 30.7 Å². The summed E-state index contributed by atoms with van der Waals surface area (Å²) in [5.41, 5.74) is 2.50. The molecule has 0 aromatic heterocycles. The van der Waals surface area contributed by atoms with Gasteiger partial charge in [-0.15, -0.1) is 0 Å². The maximum atomic E-state index is 7.32. The molecular weight excluding hydrogens is 485 g/mol. The molecule has 0 saturated heterocycles. The van der Waals surface area contributed by atoms with Gasteiger partial charge in [-0.2, -0.15) is 5.26 Å². The molecule has 1 radical (unpaired) electrons. The van der Waals surface area contributed by atoms with E-state index < -0.39 is 0 Å². The molecule has 26 heavy (non-hydrogen) atoms. The monoisotopic (exact) mass is 513 g/mol. The van der Waals surface area contributed by atoms with Crippen LogP contribution < -0.4 is 68.4 Å². The van der Waals surface area contributed by atoms with Crippen molar-refractivity contribution in [1.29, 1.82) is 5.26 Å². The number of benzene rings is 2. The molecule has 1 aliphatic rings. The van der Waals surface area contributed by atoms with Crippen molar-refractivity contribution in [3.63, 3.8) is 0 Å². The molecule has 6 heteroatoms. The molecule has 0 amide bonds. The topological polar surface area (TPSA) is 42.2 Å². The molecule has 2 aromatic rings. The Hall–Kier alpha value is 0.184. The van der Waals surface area contributed by atoms with E-state index in [0.717, 1.165) is 11.5 Å². The smallest absolute Gasteiger partial charge is 0.457 e. The minimum absolute atomic E-state index is 0. The molecule has 0 unspecified atom stereocenters. The SMILES string of the molecule is CB1OCc2cc(Oc3ccccc3)ccc21.CC.CC#N.[CH3-].[CH3-].[Rb+].[Rh]. The van der Waals surface area contributed by atoms with Crippen molar-refractivity contribution < 1.29 is 87.1 Å². The third-order valence-electron chi connectivity index (χ3n) is 3.02. The van der Waals surface area contributed by atoms with Gasteiger partial charge in [-0.1, -0.05) is 44.9 Å². The van der Waals surface area contributed by atoms with Crippen LogP contribution in [0, 0.1) is 26.2 Å². The van der Waals surface area contributed by atoms with E-state index in [0.29, 0.717) is 6.61 Å². The quantitative estimate of drug-likeness (QED) is 0.457. The van der Waals surface area contributed by atoms with Gasteiger partial charge in [0.25, 0.3) is 0 Å². The van der Waals surface area contributed by atoms with Crippen LogP contribution in [0.5, 0.6) is 11.5 Å². The third-order valence-corrected chi connectivity index (χ3v) is 3.02. The van der Waals surface area contributed by atoms with Crippen molar-refractivity contribution in [3.05, 3.63) is 68.9 Å². The van der Waals surface area contributed by atoms with Gasteiger partial charge < -0.3 is 24.2 Å². The van der Waals surface area contributed by atoms with Crippen molar-refractivity contribution in [2.45, 2.75) is 34.2 Å². The van der Waals surface area contributed by atoms with Gasteiger partial charge in [-0.3, -0.25) is 0 Å². The third kappa shape index (κ3) is 11.1. The first kappa shape index (κ1) is 33.7. The zero-order valence-corrected chi connectivity index (χ0v) is 23.6. The molecule has 0 bridgehead atoms. The second kappa shape index (κ2) is 19.9. The summed E-state index contributed by atoms with van der Waals surface area (Å²) in [6.45, 7) is 8.39. The van der Waals surface area contributed by atoms with E-state index in [1.807, 2.05) is 50.2 Å². The molecule has 1 heterocycles. The molecule has 1 aliphatic heterocycles. The van der Waals surface area contributed by atoms with Gasteiger partial charge in [0.2, 0.25) is 0 Å². The summed E-state index contributed by atoms with van der Waals surface area (Å²) < 4.78 is 11.4. The number of nitriles is 1. The maximum absolute atomic E-state index is 7.32. The Bertz CT molecular complexity index is 621. The Kier molecular flexibility index (Phi) is 25.9. The zero-order valence-electron chi connectivity index (χ0n) is 17.0. The van der Waals surface area contributed by atoms with Crippen molar-refractivity contribution in [1.82, 2.24) is 0 Å². The van der Waals surface area contributed by atoms with E-state index in [1.165, 1.54) is 17.9 Å². The first-order valence-electron chi connectivity index (χ1n) is 7.52. The number of nitrogens with zero attached hydrogens (tertiary/aromatic N) is 1. The molecule has 0 spiro atoms. The largest absolute Gasteiger partial charge is 1.00 e. The summed E-state index contributed by atoms with van der Waals surface area (Å²) in [6.07, 6.45) is 0. The molecule has 0 N–H and O–H groups in total. The predicted octanol–water partition coefficient (Wildman–Crippen LogP) is 2.30. The molecule has 0 aliphatic carbocycles. The standard InChI is InChI=1S/C14H13BO2.C2H3N.C2H6.2CH3.Rb.Rh/c1-15-14-8-7-13(9-11(14)10-16-15)17-12-5-3-2-4-6-12;1-2-3;1-2;;;;/h2-9H,10H2,1H3;1H3;1-2H3;2*1H3;;/q;;;2*-1;+1;. The number of hydrogen-bond donors (Lipinski definition) is 0.